The summed E-state index contributed by atoms with van der Waals surface area (Å²) in [5, 5.41) is 0. The standard InChI is InChI=1S/C13H21NO/c1-4-10(2)11-5-7-12(8-6-11)13(9-14)15-3/h5-8,10,13H,4,9,14H2,1-3H3. The molecule has 2 atom stereocenters. The zero-order valence-electron chi connectivity index (χ0n) is 9.86. The number of ether oxygens (including phenoxy) is 1. The molecular weight excluding hydrogens is 186 g/mol. The van der Waals surface area contributed by atoms with Crippen molar-refractivity contribution in [2.45, 2.75) is 32.3 Å². The summed E-state index contributed by atoms with van der Waals surface area (Å²) in [7, 11) is 1.69. The fourth-order valence-corrected chi connectivity index (χ4v) is 1.64. The third-order valence-corrected chi connectivity index (χ3v) is 2.99. The molecule has 2 heteroatoms. The second-order valence-electron chi connectivity index (χ2n) is 3.94. The second-order valence-corrected chi connectivity index (χ2v) is 3.94. The third kappa shape index (κ3) is 3.05. The molecule has 0 bridgehead atoms. The van der Waals surface area contributed by atoms with Crippen molar-refractivity contribution in [3.63, 3.8) is 0 Å². The number of hydrogen-bond donors (Lipinski definition) is 1. The second kappa shape index (κ2) is 5.89. The molecule has 0 aliphatic carbocycles. The minimum atomic E-state index is 0.0241. The van der Waals surface area contributed by atoms with Gasteiger partial charge in [0.05, 0.1) is 6.10 Å². The molecule has 0 aliphatic heterocycles. The smallest absolute Gasteiger partial charge is 0.0943 e. The average Bonchev–Trinajstić information content (AvgIpc) is 2.30. The Balaban J connectivity index is 2.79. The molecule has 0 saturated carbocycles. The van der Waals surface area contributed by atoms with Crippen LogP contribution in [-0.2, 0) is 4.74 Å². The van der Waals surface area contributed by atoms with E-state index in [1.807, 2.05) is 0 Å². The highest BCUT2D eigenvalue weighted by Crippen LogP contribution is 2.22. The number of nitrogens with two attached hydrogens (primary N) is 1. The van der Waals surface area contributed by atoms with Crippen molar-refractivity contribution in [2.75, 3.05) is 13.7 Å². The maximum Gasteiger partial charge on any atom is 0.0943 e. The van der Waals surface area contributed by atoms with Gasteiger partial charge in [-0.05, 0) is 23.5 Å². The largest absolute Gasteiger partial charge is 0.375 e. The Kier molecular flexibility index (Phi) is 4.79. The van der Waals surface area contributed by atoms with Gasteiger partial charge in [0.25, 0.3) is 0 Å². The summed E-state index contributed by atoms with van der Waals surface area (Å²) in [4.78, 5) is 0. The minimum Gasteiger partial charge on any atom is -0.375 e. The molecule has 0 saturated heterocycles. The molecule has 1 rings (SSSR count). The van der Waals surface area contributed by atoms with Crippen LogP contribution in [0.2, 0.25) is 0 Å². The van der Waals surface area contributed by atoms with Gasteiger partial charge in [0.15, 0.2) is 0 Å². The molecule has 0 aliphatic rings. The molecule has 0 fully saturated rings. The first-order valence-electron chi connectivity index (χ1n) is 5.55. The zero-order valence-corrected chi connectivity index (χ0v) is 9.86. The first-order chi connectivity index (χ1) is 7.22. The molecule has 0 heterocycles. The average molecular weight is 207 g/mol. The van der Waals surface area contributed by atoms with E-state index in [-0.39, 0.29) is 6.10 Å². The molecule has 1 aromatic rings. The van der Waals surface area contributed by atoms with Crippen LogP contribution in [0.15, 0.2) is 24.3 Å². The van der Waals surface area contributed by atoms with E-state index in [0.717, 1.165) is 5.56 Å². The lowest BCUT2D eigenvalue weighted by molar-refractivity contribution is 0.110. The predicted octanol–water partition coefficient (Wildman–Crippen LogP) is 2.85. The highest BCUT2D eigenvalue weighted by atomic mass is 16.5. The molecule has 0 radical (unpaired) electrons. The van der Waals surface area contributed by atoms with E-state index in [2.05, 4.69) is 38.1 Å². The van der Waals surface area contributed by atoms with Gasteiger partial charge in [0.2, 0.25) is 0 Å². The Hall–Kier alpha value is -0.860. The SMILES string of the molecule is CCC(C)c1ccc(C(CN)OC)cc1. The molecule has 2 nitrogen and oxygen atoms in total. The lowest BCUT2D eigenvalue weighted by atomic mass is 9.96. The summed E-state index contributed by atoms with van der Waals surface area (Å²) in [5.41, 5.74) is 8.16. The van der Waals surface area contributed by atoms with Crippen molar-refractivity contribution in [3.05, 3.63) is 35.4 Å². The van der Waals surface area contributed by atoms with Crippen LogP contribution in [0.3, 0.4) is 0 Å². The molecule has 2 unspecified atom stereocenters. The van der Waals surface area contributed by atoms with Crippen molar-refractivity contribution in [2.24, 2.45) is 5.73 Å². The number of hydrogen-bond acceptors (Lipinski definition) is 2. The van der Waals surface area contributed by atoms with Gasteiger partial charge in [-0.3, -0.25) is 0 Å². The first kappa shape index (κ1) is 12.2. The summed E-state index contributed by atoms with van der Waals surface area (Å²) in [6, 6.07) is 8.57. The molecule has 0 spiro atoms. The van der Waals surface area contributed by atoms with Crippen LogP contribution in [0.25, 0.3) is 0 Å². The van der Waals surface area contributed by atoms with Crippen LogP contribution in [0.4, 0.5) is 0 Å². The highest BCUT2D eigenvalue weighted by Gasteiger charge is 2.08. The Bertz CT molecular complexity index is 277. The molecule has 0 amide bonds. The van der Waals surface area contributed by atoms with Crippen LogP contribution in [0.1, 0.15) is 43.4 Å². The Morgan fingerprint density at radius 2 is 1.73 bits per heavy atom. The Morgan fingerprint density at radius 3 is 2.13 bits per heavy atom. The van der Waals surface area contributed by atoms with Crippen molar-refractivity contribution < 1.29 is 4.74 Å². The van der Waals surface area contributed by atoms with E-state index in [9.17, 15) is 0 Å². The Labute approximate surface area is 92.4 Å². The molecule has 84 valence electrons. The van der Waals surface area contributed by atoms with Crippen LogP contribution in [0, 0.1) is 0 Å². The zero-order chi connectivity index (χ0) is 11.3. The molecule has 0 aromatic heterocycles. The summed E-state index contributed by atoms with van der Waals surface area (Å²) < 4.78 is 5.29. The lowest BCUT2D eigenvalue weighted by Crippen LogP contribution is -2.14. The molecule has 2 N–H and O–H groups in total. The molecule has 15 heavy (non-hydrogen) atoms. The number of rotatable bonds is 5. The fraction of sp³-hybridized carbons (Fsp3) is 0.538. The maximum atomic E-state index is 5.61. The van der Waals surface area contributed by atoms with Crippen LogP contribution in [-0.4, -0.2) is 13.7 Å². The van der Waals surface area contributed by atoms with Crippen molar-refractivity contribution >= 4 is 0 Å². The van der Waals surface area contributed by atoms with Gasteiger partial charge in [-0.15, -0.1) is 0 Å². The van der Waals surface area contributed by atoms with Gasteiger partial charge in [0, 0.05) is 13.7 Å². The van der Waals surface area contributed by atoms with Crippen LogP contribution >= 0.6 is 0 Å². The topological polar surface area (TPSA) is 35.2 Å². The van der Waals surface area contributed by atoms with Gasteiger partial charge in [0.1, 0.15) is 0 Å². The summed E-state index contributed by atoms with van der Waals surface area (Å²) in [5.74, 6) is 0.623. The maximum absolute atomic E-state index is 5.61. The monoisotopic (exact) mass is 207 g/mol. The van der Waals surface area contributed by atoms with Crippen molar-refractivity contribution in [1.82, 2.24) is 0 Å². The molecule has 1 aromatic carbocycles. The van der Waals surface area contributed by atoms with E-state index < -0.39 is 0 Å². The Morgan fingerprint density at radius 1 is 1.20 bits per heavy atom. The predicted molar refractivity (Wildman–Crippen MR) is 64.0 cm³/mol. The summed E-state index contributed by atoms with van der Waals surface area (Å²) in [6.45, 7) is 4.97. The van der Waals surface area contributed by atoms with Crippen LogP contribution in [0.5, 0.6) is 0 Å². The van der Waals surface area contributed by atoms with Gasteiger partial charge < -0.3 is 10.5 Å². The van der Waals surface area contributed by atoms with E-state index in [4.69, 9.17) is 10.5 Å². The van der Waals surface area contributed by atoms with Gasteiger partial charge in [-0.1, -0.05) is 38.1 Å². The molecular formula is C13H21NO. The third-order valence-electron chi connectivity index (χ3n) is 2.99. The van der Waals surface area contributed by atoms with E-state index in [1.54, 1.807) is 7.11 Å². The van der Waals surface area contributed by atoms with Crippen LogP contribution < -0.4 is 5.73 Å². The van der Waals surface area contributed by atoms with E-state index in [0.29, 0.717) is 12.5 Å². The van der Waals surface area contributed by atoms with Gasteiger partial charge >= 0.3 is 0 Å². The minimum absolute atomic E-state index is 0.0241. The number of methoxy groups -OCH3 is 1. The van der Waals surface area contributed by atoms with Gasteiger partial charge in [-0.25, -0.2) is 0 Å². The lowest BCUT2D eigenvalue weighted by Gasteiger charge is -2.15. The van der Waals surface area contributed by atoms with E-state index in [1.165, 1.54) is 12.0 Å². The van der Waals surface area contributed by atoms with Crippen molar-refractivity contribution in [3.8, 4) is 0 Å². The van der Waals surface area contributed by atoms with E-state index >= 15 is 0 Å². The van der Waals surface area contributed by atoms with Crippen molar-refractivity contribution in [1.29, 1.82) is 0 Å². The quantitative estimate of drug-likeness (QED) is 0.805. The summed E-state index contributed by atoms with van der Waals surface area (Å²) >= 11 is 0. The van der Waals surface area contributed by atoms with Gasteiger partial charge in [-0.2, -0.15) is 0 Å². The first-order valence-corrected chi connectivity index (χ1v) is 5.55. The fourth-order valence-electron chi connectivity index (χ4n) is 1.64. The normalized spacial score (nSPS) is 14.9. The summed E-state index contributed by atoms with van der Waals surface area (Å²) in [6.07, 6.45) is 1.19. The highest BCUT2D eigenvalue weighted by molar-refractivity contribution is 5.26. The number of benzene rings is 1.